The van der Waals surface area contributed by atoms with Crippen molar-refractivity contribution in [3.63, 3.8) is 0 Å². The molecule has 2 fully saturated rings. The van der Waals surface area contributed by atoms with Gasteiger partial charge in [0.25, 0.3) is 0 Å². The number of aryl methyl sites for hydroxylation is 1. The summed E-state index contributed by atoms with van der Waals surface area (Å²) in [6.45, 7) is 3.85. The number of nitrogens with one attached hydrogen (secondary N) is 1. The lowest BCUT2D eigenvalue weighted by molar-refractivity contribution is 0.157. The Bertz CT molecular complexity index is 446. The number of nitrogens with zero attached hydrogens (tertiary/aromatic N) is 1. The van der Waals surface area contributed by atoms with Gasteiger partial charge in [0.15, 0.2) is 0 Å². The SMILES string of the molecule is c1cc2c(s1)CCCC2N(CC1CC1)CC1CCCN1. The van der Waals surface area contributed by atoms with Crippen LogP contribution in [0.2, 0.25) is 0 Å². The van der Waals surface area contributed by atoms with Crippen LogP contribution in [0.1, 0.15) is 55.0 Å². The highest BCUT2D eigenvalue weighted by atomic mass is 32.1. The molecule has 3 heteroatoms. The van der Waals surface area contributed by atoms with Crippen molar-refractivity contribution < 1.29 is 0 Å². The van der Waals surface area contributed by atoms with E-state index in [1.165, 1.54) is 64.6 Å². The van der Waals surface area contributed by atoms with E-state index in [0.717, 1.165) is 12.0 Å². The van der Waals surface area contributed by atoms with Crippen molar-refractivity contribution >= 4 is 11.3 Å². The van der Waals surface area contributed by atoms with Crippen LogP contribution in [0.4, 0.5) is 0 Å². The minimum absolute atomic E-state index is 0.716. The third-order valence-electron chi connectivity index (χ3n) is 5.27. The van der Waals surface area contributed by atoms with Crippen molar-refractivity contribution in [1.82, 2.24) is 10.2 Å². The van der Waals surface area contributed by atoms with E-state index in [-0.39, 0.29) is 0 Å². The summed E-state index contributed by atoms with van der Waals surface area (Å²) in [6.07, 6.45) is 9.78. The Hall–Kier alpha value is -0.380. The summed E-state index contributed by atoms with van der Waals surface area (Å²) >= 11 is 1.98. The lowest BCUT2D eigenvalue weighted by atomic mass is 9.92. The fourth-order valence-corrected chi connectivity index (χ4v) is 4.98. The second-order valence-corrected chi connectivity index (χ2v) is 7.90. The highest BCUT2D eigenvalue weighted by Crippen LogP contribution is 2.40. The van der Waals surface area contributed by atoms with Crippen LogP contribution in [-0.4, -0.2) is 30.6 Å². The van der Waals surface area contributed by atoms with Gasteiger partial charge in [-0.3, -0.25) is 4.90 Å². The maximum atomic E-state index is 3.70. The lowest BCUT2D eigenvalue weighted by Gasteiger charge is -2.36. The Morgan fingerprint density at radius 2 is 2.10 bits per heavy atom. The Kier molecular flexibility index (Phi) is 3.84. The molecule has 0 spiro atoms. The van der Waals surface area contributed by atoms with Gasteiger partial charge in [0, 0.05) is 30.1 Å². The van der Waals surface area contributed by atoms with Gasteiger partial charge >= 0.3 is 0 Å². The molecule has 2 unspecified atom stereocenters. The highest BCUT2D eigenvalue weighted by molar-refractivity contribution is 7.10. The topological polar surface area (TPSA) is 15.3 Å². The summed E-state index contributed by atoms with van der Waals surface area (Å²) in [5.74, 6) is 1.00. The van der Waals surface area contributed by atoms with Gasteiger partial charge in [-0.2, -0.15) is 0 Å². The third kappa shape index (κ3) is 2.81. The van der Waals surface area contributed by atoms with Crippen LogP contribution < -0.4 is 5.32 Å². The van der Waals surface area contributed by atoms with Crippen LogP contribution >= 0.6 is 11.3 Å². The van der Waals surface area contributed by atoms with E-state index < -0.39 is 0 Å². The summed E-state index contributed by atoms with van der Waals surface area (Å²) in [7, 11) is 0. The molecule has 2 aliphatic carbocycles. The first-order chi connectivity index (χ1) is 9.90. The molecule has 1 aliphatic heterocycles. The quantitative estimate of drug-likeness (QED) is 0.891. The van der Waals surface area contributed by atoms with E-state index in [2.05, 4.69) is 21.7 Å². The average molecular weight is 290 g/mol. The molecule has 4 rings (SSSR count). The molecule has 2 atom stereocenters. The number of thiophene rings is 1. The van der Waals surface area contributed by atoms with Gasteiger partial charge in [-0.15, -0.1) is 11.3 Å². The minimum Gasteiger partial charge on any atom is -0.313 e. The molecule has 3 aliphatic rings. The average Bonchev–Trinajstić information content (AvgIpc) is 2.93. The van der Waals surface area contributed by atoms with Gasteiger partial charge in [0.05, 0.1) is 0 Å². The van der Waals surface area contributed by atoms with Crippen molar-refractivity contribution in [2.24, 2.45) is 5.92 Å². The third-order valence-corrected chi connectivity index (χ3v) is 6.26. The molecule has 2 nitrogen and oxygen atoms in total. The van der Waals surface area contributed by atoms with Gasteiger partial charge in [-0.25, -0.2) is 0 Å². The lowest BCUT2D eigenvalue weighted by Crippen LogP contribution is -2.41. The molecule has 2 heterocycles. The van der Waals surface area contributed by atoms with Gasteiger partial charge in [-0.05, 0) is 74.4 Å². The monoisotopic (exact) mass is 290 g/mol. The molecule has 110 valence electrons. The minimum atomic E-state index is 0.716. The first-order valence-corrected chi connectivity index (χ1v) is 9.32. The number of hydrogen-bond acceptors (Lipinski definition) is 3. The molecular formula is C17H26N2S. The van der Waals surface area contributed by atoms with E-state index >= 15 is 0 Å². The molecule has 0 radical (unpaired) electrons. The summed E-state index contributed by atoms with van der Waals surface area (Å²) in [6, 6.07) is 3.87. The van der Waals surface area contributed by atoms with Crippen molar-refractivity contribution in [2.45, 2.75) is 57.0 Å². The molecule has 20 heavy (non-hydrogen) atoms. The van der Waals surface area contributed by atoms with Crippen LogP contribution in [0, 0.1) is 5.92 Å². The highest BCUT2D eigenvalue weighted by Gasteiger charge is 2.33. The molecule has 0 aromatic carbocycles. The van der Waals surface area contributed by atoms with E-state index in [1.807, 2.05) is 11.3 Å². The second kappa shape index (κ2) is 5.78. The Morgan fingerprint density at radius 1 is 1.15 bits per heavy atom. The summed E-state index contributed by atoms with van der Waals surface area (Å²) in [5, 5.41) is 6.01. The molecule has 1 aromatic heterocycles. The van der Waals surface area contributed by atoms with E-state index in [4.69, 9.17) is 0 Å². The predicted octanol–water partition coefficient (Wildman–Crippen LogP) is 3.59. The summed E-state index contributed by atoms with van der Waals surface area (Å²) < 4.78 is 0. The van der Waals surface area contributed by atoms with Crippen LogP contribution in [-0.2, 0) is 6.42 Å². The van der Waals surface area contributed by atoms with Gasteiger partial charge < -0.3 is 5.32 Å². The van der Waals surface area contributed by atoms with Crippen molar-refractivity contribution in [2.75, 3.05) is 19.6 Å². The van der Waals surface area contributed by atoms with Crippen LogP contribution in [0.15, 0.2) is 11.4 Å². The zero-order chi connectivity index (χ0) is 13.4. The summed E-state index contributed by atoms with van der Waals surface area (Å²) in [4.78, 5) is 4.51. The van der Waals surface area contributed by atoms with E-state index in [0.29, 0.717) is 6.04 Å². The zero-order valence-electron chi connectivity index (χ0n) is 12.3. The van der Waals surface area contributed by atoms with E-state index in [1.54, 1.807) is 10.4 Å². The van der Waals surface area contributed by atoms with Crippen LogP contribution in [0.25, 0.3) is 0 Å². The standard InChI is InChI=1S/C17H26N2S/c1-4-16(15-8-10-20-17(15)5-1)19(11-13-6-7-13)12-14-3-2-9-18-14/h8,10,13-14,16,18H,1-7,9,11-12H2. The molecule has 1 saturated heterocycles. The Labute approximate surface area is 126 Å². The molecule has 1 saturated carbocycles. The van der Waals surface area contributed by atoms with Gasteiger partial charge in [0.1, 0.15) is 0 Å². The first kappa shape index (κ1) is 13.3. The predicted molar refractivity (Wildman–Crippen MR) is 85.3 cm³/mol. The molecular weight excluding hydrogens is 264 g/mol. The Balaban J connectivity index is 1.51. The Morgan fingerprint density at radius 3 is 2.90 bits per heavy atom. The maximum absolute atomic E-state index is 3.70. The van der Waals surface area contributed by atoms with Crippen molar-refractivity contribution in [1.29, 1.82) is 0 Å². The molecule has 1 aromatic rings. The van der Waals surface area contributed by atoms with Crippen molar-refractivity contribution in [3.8, 4) is 0 Å². The van der Waals surface area contributed by atoms with E-state index in [9.17, 15) is 0 Å². The van der Waals surface area contributed by atoms with Crippen LogP contribution in [0.3, 0.4) is 0 Å². The molecule has 0 amide bonds. The van der Waals surface area contributed by atoms with Gasteiger partial charge in [-0.1, -0.05) is 0 Å². The number of fused-ring (bicyclic) bond motifs is 1. The smallest absolute Gasteiger partial charge is 0.0360 e. The fraction of sp³-hybridized carbons (Fsp3) is 0.765. The second-order valence-electron chi connectivity index (χ2n) is 6.90. The van der Waals surface area contributed by atoms with Crippen LogP contribution in [0.5, 0.6) is 0 Å². The maximum Gasteiger partial charge on any atom is 0.0360 e. The number of hydrogen-bond donors (Lipinski definition) is 1. The number of rotatable bonds is 5. The largest absolute Gasteiger partial charge is 0.313 e. The zero-order valence-corrected chi connectivity index (χ0v) is 13.1. The molecule has 1 N–H and O–H groups in total. The fourth-order valence-electron chi connectivity index (χ4n) is 4.00. The molecule has 0 bridgehead atoms. The van der Waals surface area contributed by atoms with Gasteiger partial charge in [0.2, 0.25) is 0 Å². The summed E-state index contributed by atoms with van der Waals surface area (Å²) in [5.41, 5.74) is 1.67. The first-order valence-electron chi connectivity index (χ1n) is 8.44. The normalized spacial score (nSPS) is 29.9. The van der Waals surface area contributed by atoms with Crippen molar-refractivity contribution in [3.05, 3.63) is 21.9 Å².